The van der Waals surface area contributed by atoms with Crippen molar-refractivity contribution in [2.75, 3.05) is 12.4 Å². The number of nitrogens with one attached hydrogen (secondary N) is 2. The van der Waals surface area contributed by atoms with Crippen LogP contribution in [-0.2, 0) is 6.54 Å². The molecule has 1 aromatic heterocycles. The van der Waals surface area contributed by atoms with E-state index < -0.39 is 4.92 Å². The number of carbonyl (C=O) groups excluding carboxylic acids is 1. The highest BCUT2D eigenvalue weighted by molar-refractivity contribution is 5.95. The minimum absolute atomic E-state index is 0.146. The molecule has 2 aromatic carbocycles. The molecule has 1 amide bonds. The summed E-state index contributed by atoms with van der Waals surface area (Å²) in [7, 11) is 1.48. The van der Waals surface area contributed by atoms with Crippen LogP contribution in [0.4, 0.5) is 11.4 Å². The molecule has 0 bridgehead atoms. The standard InChI is InChI=1S/C21H23N5O3/c1-14(2)20-16(13-25(24-20)17-7-5-4-6-8-17)12-23-18-10-9-15(21(27)22-3)11-19(18)26(28)29/h4-11,13-14,23H,12H2,1-3H3,(H,22,27). The second-order valence-corrected chi connectivity index (χ2v) is 6.90. The van der Waals surface area contributed by atoms with Crippen molar-refractivity contribution < 1.29 is 9.72 Å². The zero-order valence-corrected chi connectivity index (χ0v) is 16.5. The van der Waals surface area contributed by atoms with E-state index in [2.05, 4.69) is 29.6 Å². The lowest BCUT2D eigenvalue weighted by atomic mass is 10.1. The van der Waals surface area contributed by atoms with Crippen LogP contribution in [0.15, 0.2) is 54.7 Å². The number of nitro benzene ring substituents is 1. The minimum atomic E-state index is -0.495. The molecule has 2 N–H and O–H groups in total. The van der Waals surface area contributed by atoms with Crippen LogP contribution in [0, 0.1) is 10.1 Å². The molecule has 0 radical (unpaired) electrons. The Morgan fingerprint density at radius 1 is 1.21 bits per heavy atom. The SMILES string of the molecule is CNC(=O)c1ccc(NCc2cn(-c3ccccc3)nc2C(C)C)c([N+](=O)[O-])c1. The van der Waals surface area contributed by atoms with Gasteiger partial charge in [-0.1, -0.05) is 32.0 Å². The lowest BCUT2D eigenvalue weighted by Crippen LogP contribution is -2.18. The van der Waals surface area contributed by atoms with Crippen molar-refractivity contribution in [1.82, 2.24) is 15.1 Å². The number of nitrogens with zero attached hydrogens (tertiary/aromatic N) is 3. The highest BCUT2D eigenvalue weighted by Crippen LogP contribution is 2.27. The number of carbonyl (C=O) groups is 1. The predicted octanol–water partition coefficient (Wildman–Crippen LogP) is 3.88. The third-order valence-corrected chi connectivity index (χ3v) is 4.54. The number of nitro groups is 1. The van der Waals surface area contributed by atoms with Crippen LogP contribution in [0.3, 0.4) is 0 Å². The Morgan fingerprint density at radius 3 is 2.55 bits per heavy atom. The smallest absolute Gasteiger partial charge is 0.293 e. The topological polar surface area (TPSA) is 102 Å². The number of para-hydroxylation sites is 1. The van der Waals surface area contributed by atoms with Gasteiger partial charge in [0, 0.05) is 37.0 Å². The summed E-state index contributed by atoms with van der Waals surface area (Å²) < 4.78 is 1.81. The number of aromatic nitrogens is 2. The fourth-order valence-electron chi connectivity index (χ4n) is 3.07. The fourth-order valence-corrected chi connectivity index (χ4v) is 3.07. The molecule has 0 saturated carbocycles. The van der Waals surface area contributed by atoms with Crippen LogP contribution in [0.25, 0.3) is 5.69 Å². The average Bonchev–Trinajstić information content (AvgIpc) is 3.16. The molecule has 0 atom stereocenters. The van der Waals surface area contributed by atoms with Crippen molar-refractivity contribution in [1.29, 1.82) is 0 Å². The molecule has 8 nitrogen and oxygen atoms in total. The Morgan fingerprint density at radius 2 is 1.93 bits per heavy atom. The van der Waals surface area contributed by atoms with Crippen molar-refractivity contribution in [3.8, 4) is 5.69 Å². The lowest BCUT2D eigenvalue weighted by Gasteiger charge is -2.09. The van der Waals surface area contributed by atoms with Gasteiger partial charge in [-0.05, 0) is 30.2 Å². The van der Waals surface area contributed by atoms with Crippen LogP contribution in [0.2, 0.25) is 0 Å². The number of amides is 1. The number of anilines is 1. The predicted molar refractivity (Wildman–Crippen MR) is 111 cm³/mol. The summed E-state index contributed by atoms with van der Waals surface area (Å²) in [4.78, 5) is 22.8. The van der Waals surface area contributed by atoms with Crippen LogP contribution in [-0.4, -0.2) is 27.7 Å². The molecule has 0 aliphatic carbocycles. The number of hydrogen-bond donors (Lipinski definition) is 2. The Bertz CT molecular complexity index is 1030. The molecule has 0 fully saturated rings. The Hall–Kier alpha value is -3.68. The molecular weight excluding hydrogens is 370 g/mol. The Labute approximate surface area is 168 Å². The summed E-state index contributed by atoms with van der Waals surface area (Å²) in [5.41, 5.74) is 3.27. The van der Waals surface area contributed by atoms with E-state index in [1.807, 2.05) is 41.2 Å². The van der Waals surface area contributed by atoms with Crippen molar-refractivity contribution >= 4 is 17.3 Å². The van der Waals surface area contributed by atoms with E-state index in [0.717, 1.165) is 16.9 Å². The molecule has 150 valence electrons. The summed E-state index contributed by atoms with van der Waals surface area (Å²) in [6, 6.07) is 14.2. The van der Waals surface area contributed by atoms with Crippen molar-refractivity contribution in [2.45, 2.75) is 26.3 Å². The first kappa shape index (κ1) is 20.1. The maximum absolute atomic E-state index is 11.8. The maximum Gasteiger partial charge on any atom is 0.293 e. The molecule has 8 heteroatoms. The first-order valence-electron chi connectivity index (χ1n) is 9.29. The fraction of sp³-hybridized carbons (Fsp3) is 0.238. The monoisotopic (exact) mass is 393 g/mol. The van der Waals surface area contributed by atoms with Gasteiger partial charge in [-0.15, -0.1) is 0 Å². The molecular formula is C21H23N5O3. The van der Waals surface area contributed by atoms with Crippen molar-refractivity contribution in [3.63, 3.8) is 0 Å². The number of hydrogen-bond acceptors (Lipinski definition) is 5. The normalized spacial score (nSPS) is 10.8. The summed E-state index contributed by atoms with van der Waals surface area (Å²) in [5.74, 6) is -0.173. The molecule has 0 saturated heterocycles. The van der Waals surface area contributed by atoms with E-state index in [9.17, 15) is 14.9 Å². The van der Waals surface area contributed by atoms with Crippen LogP contribution in [0.1, 0.15) is 41.4 Å². The average molecular weight is 393 g/mol. The van der Waals surface area contributed by atoms with Crippen molar-refractivity contribution in [2.24, 2.45) is 0 Å². The molecule has 0 spiro atoms. The molecule has 3 rings (SSSR count). The summed E-state index contributed by atoms with van der Waals surface area (Å²) in [6.45, 7) is 4.49. The van der Waals surface area contributed by atoms with E-state index in [1.54, 1.807) is 12.1 Å². The highest BCUT2D eigenvalue weighted by atomic mass is 16.6. The quantitative estimate of drug-likeness (QED) is 0.468. The third kappa shape index (κ3) is 4.43. The summed E-state index contributed by atoms with van der Waals surface area (Å²) in [6.07, 6.45) is 1.93. The molecule has 3 aromatic rings. The zero-order valence-electron chi connectivity index (χ0n) is 16.5. The Kier molecular flexibility index (Phi) is 5.92. The van der Waals surface area contributed by atoms with Gasteiger partial charge in [0.15, 0.2) is 0 Å². The van der Waals surface area contributed by atoms with Gasteiger partial charge < -0.3 is 10.6 Å². The molecule has 1 heterocycles. The van der Waals surface area contributed by atoms with Crippen molar-refractivity contribution in [3.05, 3.63) is 81.7 Å². The number of benzene rings is 2. The van der Waals surface area contributed by atoms with E-state index in [-0.39, 0.29) is 23.1 Å². The Balaban J connectivity index is 1.88. The van der Waals surface area contributed by atoms with Gasteiger partial charge in [-0.2, -0.15) is 5.10 Å². The van der Waals surface area contributed by atoms with E-state index in [4.69, 9.17) is 0 Å². The molecule has 0 aliphatic rings. The third-order valence-electron chi connectivity index (χ3n) is 4.54. The largest absolute Gasteiger partial charge is 0.375 e. The van der Waals surface area contributed by atoms with Crippen LogP contribution in [0.5, 0.6) is 0 Å². The lowest BCUT2D eigenvalue weighted by molar-refractivity contribution is -0.384. The molecule has 0 aliphatic heterocycles. The maximum atomic E-state index is 11.8. The van der Waals surface area contributed by atoms with Gasteiger partial charge in [0.2, 0.25) is 0 Å². The van der Waals surface area contributed by atoms with Gasteiger partial charge in [0.1, 0.15) is 5.69 Å². The molecule has 29 heavy (non-hydrogen) atoms. The zero-order chi connectivity index (χ0) is 21.0. The van der Waals surface area contributed by atoms with Crippen LogP contribution >= 0.6 is 0 Å². The first-order chi connectivity index (χ1) is 13.9. The van der Waals surface area contributed by atoms with E-state index in [1.165, 1.54) is 13.1 Å². The summed E-state index contributed by atoms with van der Waals surface area (Å²) >= 11 is 0. The summed E-state index contributed by atoms with van der Waals surface area (Å²) in [5, 5.41) is 21.8. The first-order valence-corrected chi connectivity index (χ1v) is 9.29. The second-order valence-electron chi connectivity index (χ2n) is 6.90. The van der Waals surface area contributed by atoms with Crippen LogP contribution < -0.4 is 10.6 Å². The van der Waals surface area contributed by atoms with E-state index in [0.29, 0.717) is 12.2 Å². The highest BCUT2D eigenvalue weighted by Gasteiger charge is 2.19. The number of rotatable bonds is 7. The van der Waals surface area contributed by atoms with Gasteiger partial charge in [0.25, 0.3) is 11.6 Å². The minimum Gasteiger partial charge on any atom is -0.375 e. The van der Waals surface area contributed by atoms with Gasteiger partial charge in [-0.3, -0.25) is 14.9 Å². The van der Waals surface area contributed by atoms with Gasteiger partial charge in [0.05, 0.1) is 16.3 Å². The van der Waals surface area contributed by atoms with Gasteiger partial charge >= 0.3 is 0 Å². The molecule has 0 unspecified atom stereocenters. The second kappa shape index (κ2) is 8.55. The van der Waals surface area contributed by atoms with E-state index >= 15 is 0 Å². The van der Waals surface area contributed by atoms with Gasteiger partial charge in [-0.25, -0.2) is 4.68 Å².